The van der Waals surface area contributed by atoms with Gasteiger partial charge in [-0.25, -0.2) is 13.1 Å². The average Bonchev–Trinajstić information content (AvgIpc) is 3.50. The lowest BCUT2D eigenvalue weighted by Crippen LogP contribution is -2.33. The standard InChI is InChI=1S/C26H31N3O3S/c1-17-15-23(19-6-7-19)24(22-12-13-27-26(17)22)16-29-14-4-3-5-25(29)20-8-10-21(11-9-20)33(31,32)28-18(2)30/h8-13,15,19,25,27H,3-7,14,16H2,1-2H3,(H,28,30). The maximum atomic E-state index is 12.3. The molecule has 2 heterocycles. The molecule has 1 aromatic heterocycles. The van der Waals surface area contributed by atoms with Crippen LogP contribution in [0.25, 0.3) is 10.9 Å². The van der Waals surface area contributed by atoms with Crippen LogP contribution in [0, 0.1) is 6.92 Å². The molecule has 2 aromatic carbocycles. The van der Waals surface area contributed by atoms with Crippen molar-refractivity contribution in [2.45, 2.75) is 69.4 Å². The molecule has 1 saturated heterocycles. The molecule has 7 heteroatoms. The Kier molecular flexibility index (Phi) is 5.79. The summed E-state index contributed by atoms with van der Waals surface area (Å²) < 4.78 is 26.7. The summed E-state index contributed by atoms with van der Waals surface area (Å²) in [5.74, 6) is 0.0951. The normalized spacial score (nSPS) is 19.6. The van der Waals surface area contributed by atoms with Crippen molar-refractivity contribution >= 4 is 26.8 Å². The van der Waals surface area contributed by atoms with Crippen molar-refractivity contribution in [3.8, 4) is 0 Å². The third kappa shape index (κ3) is 4.44. The SMILES string of the molecule is CC(=O)NS(=O)(=O)c1ccc(C2CCCCN2Cc2c(C3CC3)cc(C)c3[nH]ccc23)cc1. The van der Waals surface area contributed by atoms with Gasteiger partial charge in [-0.2, -0.15) is 0 Å². The lowest BCUT2D eigenvalue weighted by atomic mass is 9.92. The van der Waals surface area contributed by atoms with Crippen LogP contribution in [0.3, 0.4) is 0 Å². The van der Waals surface area contributed by atoms with Gasteiger partial charge in [0.1, 0.15) is 0 Å². The van der Waals surface area contributed by atoms with Gasteiger partial charge in [0, 0.05) is 36.6 Å². The van der Waals surface area contributed by atoms with Gasteiger partial charge in [-0.15, -0.1) is 0 Å². The number of likely N-dealkylation sites (tertiary alicyclic amines) is 1. The van der Waals surface area contributed by atoms with E-state index in [1.807, 2.05) is 23.1 Å². The fourth-order valence-corrected chi connectivity index (χ4v) is 6.30. The first kappa shape index (κ1) is 22.2. The van der Waals surface area contributed by atoms with E-state index in [0.717, 1.165) is 31.5 Å². The van der Waals surface area contributed by atoms with E-state index in [4.69, 9.17) is 0 Å². The third-order valence-corrected chi connectivity index (χ3v) is 8.48. The first-order valence-electron chi connectivity index (χ1n) is 11.8. The summed E-state index contributed by atoms with van der Waals surface area (Å²) in [4.78, 5) is 17.3. The second kappa shape index (κ2) is 8.61. The van der Waals surface area contributed by atoms with Gasteiger partial charge >= 0.3 is 0 Å². The molecule has 33 heavy (non-hydrogen) atoms. The van der Waals surface area contributed by atoms with E-state index in [2.05, 4.69) is 28.9 Å². The Morgan fingerprint density at radius 1 is 1.12 bits per heavy atom. The molecular formula is C26H31N3O3S. The van der Waals surface area contributed by atoms with Crippen LogP contribution in [-0.2, 0) is 21.4 Å². The van der Waals surface area contributed by atoms with Crippen LogP contribution in [0.15, 0.2) is 47.5 Å². The molecule has 2 N–H and O–H groups in total. The molecule has 0 radical (unpaired) electrons. The molecule has 1 atom stereocenters. The minimum atomic E-state index is -3.82. The Balaban J connectivity index is 1.45. The van der Waals surface area contributed by atoms with Crippen LogP contribution < -0.4 is 4.72 Å². The molecule has 1 unspecified atom stereocenters. The molecule has 0 bridgehead atoms. The number of piperidine rings is 1. The zero-order valence-electron chi connectivity index (χ0n) is 19.2. The van der Waals surface area contributed by atoms with Gasteiger partial charge in [0.15, 0.2) is 0 Å². The van der Waals surface area contributed by atoms with Crippen molar-refractivity contribution in [3.05, 3.63) is 64.8 Å². The predicted octanol–water partition coefficient (Wildman–Crippen LogP) is 4.91. The van der Waals surface area contributed by atoms with E-state index in [-0.39, 0.29) is 10.9 Å². The van der Waals surface area contributed by atoms with Gasteiger partial charge in [0.25, 0.3) is 10.0 Å². The number of aromatic nitrogens is 1. The Bertz CT molecular complexity index is 1290. The number of fused-ring (bicyclic) bond motifs is 1. The number of sulfonamides is 1. The summed E-state index contributed by atoms with van der Waals surface area (Å²) >= 11 is 0. The summed E-state index contributed by atoms with van der Waals surface area (Å²) in [5.41, 5.74) is 6.61. The zero-order chi connectivity index (χ0) is 23.2. The first-order valence-corrected chi connectivity index (χ1v) is 13.3. The van der Waals surface area contributed by atoms with E-state index < -0.39 is 15.9 Å². The van der Waals surface area contributed by atoms with Crippen LogP contribution in [-0.4, -0.2) is 30.8 Å². The fourth-order valence-electron chi connectivity index (χ4n) is 5.31. The van der Waals surface area contributed by atoms with Crippen LogP contribution in [0.4, 0.5) is 0 Å². The number of nitrogens with one attached hydrogen (secondary N) is 2. The molecule has 1 aliphatic heterocycles. The monoisotopic (exact) mass is 465 g/mol. The van der Waals surface area contributed by atoms with Crippen molar-refractivity contribution < 1.29 is 13.2 Å². The largest absolute Gasteiger partial charge is 0.361 e. The Hall–Kier alpha value is -2.64. The molecule has 2 fully saturated rings. The molecular weight excluding hydrogens is 434 g/mol. The molecule has 1 saturated carbocycles. The van der Waals surface area contributed by atoms with Gasteiger partial charge < -0.3 is 4.98 Å². The van der Waals surface area contributed by atoms with E-state index >= 15 is 0 Å². The van der Waals surface area contributed by atoms with E-state index in [9.17, 15) is 13.2 Å². The molecule has 1 aliphatic carbocycles. The number of nitrogens with zero attached hydrogens (tertiary/aromatic N) is 1. The number of hydrogen-bond donors (Lipinski definition) is 2. The lowest BCUT2D eigenvalue weighted by Gasteiger charge is -2.37. The Morgan fingerprint density at radius 3 is 2.58 bits per heavy atom. The number of aryl methyl sites for hydroxylation is 1. The number of H-pyrrole nitrogens is 1. The van der Waals surface area contributed by atoms with Crippen molar-refractivity contribution in [1.29, 1.82) is 0 Å². The summed E-state index contributed by atoms with van der Waals surface area (Å²) in [5, 5.41) is 1.33. The van der Waals surface area contributed by atoms with Gasteiger partial charge in [0.05, 0.1) is 4.90 Å². The van der Waals surface area contributed by atoms with Crippen LogP contribution >= 0.6 is 0 Å². The number of rotatable bonds is 6. The van der Waals surface area contributed by atoms with Crippen LogP contribution in [0.5, 0.6) is 0 Å². The van der Waals surface area contributed by atoms with Gasteiger partial charge in [-0.1, -0.05) is 24.6 Å². The molecule has 6 nitrogen and oxygen atoms in total. The second-order valence-corrected chi connectivity index (χ2v) is 11.2. The molecule has 2 aliphatic rings. The van der Waals surface area contributed by atoms with Gasteiger partial charge in [-0.05, 0) is 85.5 Å². The first-order chi connectivity index (χ1) is 15.8. The molecule has 0 spiro atoms. The highest BCUT2D eigenvalue weighted by atomic mass is 32.2. The average molecular weight is 466 g/mol. The maximum absolute atomic E-state index is 12.3. The number of hydrogen-bond acceptors (Lipinski definition) is 4. The Labute approximate surface area is 195 Å². The summed E-state index contributed by atoms with van der Waals surface area (Å²) in [6.45, 7) is 5.32. The third-order valence-electron chi connectivity index (χ3n) is 7.03. The van der Waals surface area contributed by atoms with Gasteiger partial charge in [-0.3, -0.25) is 9.69 Å². The maximum Gasteiger partial charge on any atom is 0.264 e. The topological polar surface area (TPSA) is 82.3 Å². The minimum Gasteiger partial charge on any atom is -0.361 e. The minimum absolute atomic E-state index is 0.118. The van der Waals surface area contributed by atoms with E-state index in [0.29, 0.717) is 5.92 Å². The highest BCUT2D eigenvalue weighted by Gasteiger charge is 2.31. The number of aromatic amines is 1. The second-order valence-electron chi connectivity index (χ2n) is 9.51. The predicted molar refractivity (Wildman–Crippen MR) is 129 cm³/mol. The molecule has 174 valence electrons. The fraction of sp³-hybridized carbons (Fsp3) is 0.423. The smallest absolute Gasteiger partial charge is 0.264 e. The summed E-state index contributed by atoms with van der Waals surface area (Å²) in [6, 6.07) is 11.9. The summed E-state index contributed by atoms with van der Waals surface area (Å²) in [6.07, 6.45) is 7.98. The van der Waals surface area contributed by atoms with Crippen molar-refractivity contribution in [2.24, 2.45) is 0 Å². The highest BCUT2D eigenvalue weighted by Crippen LogP contribution is 2.45. The van der Waals surface area contributed by atoms with Gasteiger partial charge in [0.2, 0.25) is 5.91 Å². The quantitative estimate of drug-likeness (QED) is 0.542. The van der Waals surface area contributed by atoms with Crippen LogP contribution in [0.2, 0.25) is 0 Å². The number of amides is 1. The van der Waals surface area contributed by atoms with Crippen molar-refractivity contribution in [1.82, 2.24) is 14.6 Å². The number of carbonyl (C=O) groups is 1. The van der Waals surface area contributed by atoms with Crippen molar-refractivity contribution in [3.63, 3.8) is 0 Å². The lowest BCUT2D eigenvalue weighted by molar-refractivity contribution is -0.117. The summed E-state index contributed by atoms with van der Waals surface area (Å²) in [7, 11) is -3.82. The van der Waals surface area contributed by atoms with Crippen molar-refractivity contribution in [2.75, 3.05) is 6.54 Å². The zero-order valence-corrected chi connectivity index (χ0v) is 20.0. The molecule has 5 rings (SSSR count). The van der Waals surface area contributed by atoms with E-state index in [1.54, 1.807) is 12.1 Å². The Morgan fingerprint density at radius 2 is 1.88 bits per heavy atom. The molecule has 3 aromatic rings. The van der Waals surface area contributed by atoms with Crippen LogP contribution in [0.1, 0.15) is 73.2 Å². The van der Waals surface area contributed by atoms with E-state index in [1.165, 1.54) is 53.8 Å². The number of carbonyl (C=O) groups excluding carboxylic acids is 1. The molecule has 1 amide bonds. The number of benzene rings is 2. The highest BCUT2D eigenvalue weighted by molar-refractivity contribution is 7.90.